The third-order valence-corrected chi connectivity index (χ3v) is 3.04. The number of nitrogens with zero attached hydrogens (tertiary/aromatic N) is 4. The van der Waals surface area contributed by atoms with E-state index in [4.69, 9.17) is 4.74 Å². The second kappa shape index (κ2) is 6.33. The van der Waals surface area contributed by atoms with Crippen molar-refractivity contribution in [2.24, 2.45) is 0 Å². The quantitative estimate of drug-likeness (QED) is 0.780. The lowest BCUT2D eigenvalue weighted by Crippen LogP contribution is -2.49. The fourth-order valence-corrected chi connectivity index (χ4v) is 1.92. The van der Waals surface area contributed by atoms with E-state index in [1.807, 2.05) is 11.9 Å². The molecule has 1 aromatic rings. The molecule has 2 rings (SSSR count). The molecule has 0 spiro atoms. The Morgan fingerprint density at radius 3 is 2.89 bits per heavy atom. The van der Waals surface area contributed by atoms with E-state index in [1.165, 1.54) is 6.20 Å². The van der Waals surface area contributed by atoms with Gasteiger partial charge in [-0.15, -0.1) is 0 Å². The number of piperazine rings is 1. The SMILES string of the molecule is COc1cncc(N(C)CC(=O)N2CCNCC2)n1. The molecule has 0 aliphatic carbocycles. The van der Waals surface area contributed by atoms with Gasteiger partial charge in [-0.05, 0) is 0 Å². The highest BCUT2D eigenvalue weighted by Crippen LogP contribution is 2.12. The third-order valence-electron chi connectivity index (χ3n) is 3.04. The molecule has 0 unspecified atom stereocenters. The number of anilines is 1. The smallest absolute Gasteiger partial charge is 0.242 e. The van der Waals surface area contributed by atoms with Crippen LogP contribution in [0.1, 0.15) is 0 Å². The first-order valence-electron chi connectivity index (χ1n) is 6.26. The molecular formula is C12H19N5O2. The van der Waals surface area contributed by atoms with Crippen LogP contribution < -0.4 is 15.0 Å². The van der Waals surface area contributed by atoms with Gasteiger partial charge in [-0.1, -0.05) is 0 Å². The van der Waals surface area contributed by atoms with Gasteiger partial charge in [0.1, 0.15) is 0 Å². The molecule has 1 saturated heterocycles. The number of nitrogens with one attached hydrogen (secondary N) is 1. The lowest BCUT2D eigenvalue weighted by molar-refractivity contribution is -0.130. The normalized spacial score (nSPS) is 15.2. The summed E-state index contributed by atoms with van der Waals surface area (Å²) in [6, 6.07) is 0. The number of ether oxygens (including phenoxy) is 1. The molecule has 1 fully saturated rings. The third kappa shape index (κ3) is 3.54. The van der Waals surface area contributed by atoms with Crippen molar-refractivity contribution in [1.82, 2.24) is 20.2 Å². The summed E-state index contributed by atoms with van der Waals surface area (Å²) < 4.78 is 5.02. The van der Waals surface area contributed by atoms with Crippen LogP contribution >= 0.6 is 0 Å². The maximum absolute atomic E-state index is 12.1. The van der Waals surface area contributed by atoms with Crippen LogP contribution in [0, 0.1) is 0 Å². The molecule has 1 N–H and O–H groups in total. The topological polar surface area (TPSA) is 70.6 Å². The van der Waals surface area contributed by atoms with Crippen LogP contribution in [0.2, 0.25) is 0 Å². The van der Waals surface area contributed by atoms with Crippen molar-refractivity contribution in [3.8, 4) is 5.88 Å². The molecule has 0 atom stereocenters. The highest BCUT2D eigenvalue weighted by Gasteiger charge is 2.18. The van der Waals surface area contributed by atoms with Gasteiger partial charge in [0.2, 0.25) is 11.8 Å². The fraction of sp³-hybridized carbons (Fsp3) is 0.583. The number of aromatic nitrogens is 2. The van der Waals surface area contributed by atoms with E-state index in [9.17, 15) is 4.79 Å². The molecule has 0 bridgehead atoms. The van der Waals surface area contributed by atoms with Crippen molar-refractivity contribution < 1.29 is 9.53 Å². The van der Waals surface area contributed by atoms with Crippen LogP contribution in [0.4, 0.5) is 5.82 Å². The first-order chi connectivity index (χ1) is 9.20. The lowest BCUT2D eigenvalue weighted by atomic mass is 10.3. The predicted molar refractivity (Wildman–Crippen MR) is 71.3 cm³/mol. The molecule has 2 heterocycles. The Labute approximate surface area is 112 Å². The summed E-state index contributed by atoms with van der Waals surface area (Å²) in [4.78, 5) is 24.0. The van der Waals surface area contributed by atoms with E-state index in [2.05, 4.69) is 15.3 Å². The van der Waals surface area contributed by atoms with Gasteiger partial charge in [0.25, 0.3) is 0 Å². The maximum Gasteiger partial charge on any atom is 0.242 e. The molecule has 1 aromatic heterocycles. The van der Waals surface area contributed by atoms with E-state index in [-0.39, 0.29) is 5.91 Å². The molecular weight excluding hydrogens is 246 g/mol. The monoisotopic (exact) mass is 265 g/mol. The van der Waals surface area contributed by atoms with Crippen molar-refractivity contribution in [2.45, 2.75) is 0 Å². The van der Waals surface area contributed by atoms with Crippen molar-refractivity contribution in [3.63, 3.8) is 0 Å². The first-order valence-corrected chi connectivity index (χ1v) is 6.26. The summed E-state index contributed by atoms with van der Waals surface area (Å²) in [6.45, 7) is 3.53. The Balaban J connectivity index is 1.95. The average Bonchev–Trinajstić information content (AvgIpc) is 2.48. The number of carbonyl (C=O) groups excluding carboxylic acids is 1. The van der Waals surface area contributed by atoms with E-state index in [1.54, 1.807) is 18.2 Å². The second-order valence-electron chi connectivity index (χ2n) is 4.41. The zero-order valence-electron chi connectivity index (χ0n) is 11.3. The fourth-order valence-electron chi connectivity index (χ4n) is 1.92. The number of hydrogen-bond donors (Lipinski definition) is 1. The summed E-state index contributed by atoms with van der Waals surface area (Å²) in [5.41, 5.74) is 0. The Bertz CT molecular complexity index is 434. The zero-order chi connectivity index (χ0) is 13.7. The Morgan fingerprint density at radius 1 is 1.47 bits per heavy atom. The van der Waals surface area contributed by atoms with Gasteiger partial charge in [0.15, 0.2) is 5.82 Å². The van der Waals surface area contributed by atoms with Gasteiger partial charge in [-0.3, -0.25) is 9.78 Å². The van der Waals surface area contributed by atoms with Crippen molar-refractivity contribution in [1.29, 1.82) is 0 Å². The van der Waals surface area contributed by atoms with E-state index >= 15 is 0 Å². The van der Waals surface area contributed by atoms with Crippen molar-refractivity contribution in [3.05, 3.63) is 12.4 Å². The number of likely N-dealkylation sites (N-methyl/N-ethyl adjacent to an activating group) is 1. The molecule has 0 saturated carbocycles. The van der Waals surface area contributed by atoms with Crippen molar-refractivity contribution in [2.75, 3.05) is 51.8 Å². The van der Waals surface area contributed by atoms with Crippen LogP contribution in [0.5, 0.6) is 5.88 Å². The summed E-state index contributed by atoms with van der Waals surface area (Å²) in [5, 5.41) is 3.22. The number of rotatable bonds is 4. The van der Waals surface area contributed by atoms with Crippen LogP contribution in [-0.4, -0.2) is 67.7 Å². The van der Waals surface area contributed by atoms with Gasteiger partial charge >= 0.3 is 0 Å². The zero-order valence-corrected chi connectivity index (χ0v) is 11.3. The van der Waals surface area contributed by atoms with E-state index in [0.29, 0.717) is 18.2 Å². The molecule has 7 heteroatoms. The molecule has 104 valence electrons. The summed E-state index contributed by atoms with van der Waals surface area (Å²) >= 11 is 0. The highest BCUT2D eigenvalue weighted by atomic mass is 16.5. The summed E-state index contributed by atoms with van der Waals surface area (Å²) in [7, 11) is 3.36. The first kappa shape index (κ1) is 13.5. The number of methoxy groups -OCH3 is 1. The van der Waals surface area contributed by atoms with E-state index in [0.717, 1.165) is 26.2 Å². The highest BCUT2D eigenvalue weighted by molar-refractivity contribution is 5.81. The number of carbonyl (C=O) groups is 1. The number of hydrogen-bond acceptors (Lipinski definition) is 6. The van der Waals surface area contributed by atoms with Crippen LogP contribution in [0.3, 0.4) is 0 Å². The molecule has 1 amide bonds. The Hall–Kier alpha value is -1.89. The van der Waals surface area contributed by atoms with Gasteiger partial charge in [0.05, 0.1) is 26.0 Å². The van der Waals surface area contributed by atoms with Gasteiger partial charge in [-0.25, -0.2) is 0 Å². The summed E-state index contributed by atoms with van der Waals surface area (Å²) in [5.74, 6) is 1.18. The standard InChI is InChI=1S/C12H19N5O2/c1-16(10-7-14-8-11(15-10)19-2)9-12(18)17-5-3-13-4-6-17/h7-8,13H,3-6,9H2,1-2H3. The molecule has 1 aliphatic rings. The molecule has 19 heavy (non-hydrogen) atoms. The summed E-state index contributed by atoms with van der Waals surface area (Å²) in [6.07, 6.45) is 3.16. The molecule has 0 aromatic carbocycles. The van der Waals surface area contributed by atoms with E-state index < -0.39 is 0 Å². The van der Waals surface area contributed by atoms with Gasteiger partial charge in [0, 0.05) is 33.2 Å². The molecule has 7 nitrogen and oxygen atoms in total. The largest absolute Gasteiger partial charge is 0.480 e. The predicted octanol–water partition coefficient (Wildman–Crippen LogP) is -0.647. The minimum absolute atomic E-state index is 0.105. The minimum Gasteiger partial charge on any atom is -0.480 e. The van der Waals surface area contributed by atoms with Crippen LogP contribution in [0.25, 0.3) is 0 Å². The minimum atomic E-state index is 0.105. The number of amides is 1. The van der Waals surface area contributed by atoms with Crippen LogP contribution in [-0.2, 0) is 4.79 Å². The molecule has 1 aliphatic heterocycles. The maximum atomic E-state index is 12.1. The van der Waals surface area contributed by atoms with Gasteiger partial charge < -0.3 is 19.9 Å². The molecule has 0 radical (unpaired) electrons. The second-order valence-corrected chi connectivity index (χ2v) is 4.41. The van der Waals surface area contributed by atoms with Crippen molar-refractivity contribution >= 4 is 11.7 Å². The Kier molecular flexibility index (Phi) is 4.51. The Morgan fingerprint density at radius 2 is 2.21 bits per heavy atom. The van der Waals surface area contributed by atoms with Gasteiger partial charge in [-0.2, -0.15) is 4.98 Å². The lowest BCUT2D eigenvalue weighted by Gasteiger charge is -2.29. The van der Waals surface area contributed by atoms with Crippen LogP contribution in [0.15, 0.2) is 12.4 Å². The average molecular weight is 265 g/mol.